The molecule has 232 valence electrons. The number of aliphatic hydroxyl groups excluding tert-OH is 2. The lowest BCUT2D eigenvalue weighted by atomic mass is 10.2. The molecular formula is C32H44O9S. The minimum atomic E-state index is -3.61. The number of benzene rings is 3. The molecule has 42 heavy (non-hydrogen) atoms. The van der Waals surface area contributed by atoms with Gasteiger partial charge in [-0.1, -0.05) is 61.0 Å². The molecular weight excluding hydrogens is 560 g/mol. The van der Waals surface area contributed by atoms with E-state index in [9.17, 15) is 13.5 Å². The van der Waals surface area contributed by atoms with Crippen LogP contribution in [0, 0.1) is 6.92 Å². The third kappa shape index (κ3) is 16.5. The molecule has 10 heteroatoms. The quantitative estimate of drug-likeness (QED) is 0.135. The van der Waals surface area contributed by atoms with Gasteiger partial charge in [0.2, 0.25) is 0 Å². The molecule has 3 aromatic rings. The van der Waals surface area contributed by atoms with Gasteiger partial charge < -0.3 is 29.2 Å². The van der Waals surface area contributed by atoms with E-state index in [1.807, 2.05) is 74.5 Å². The third-order valence-corrected chi connectivity index (χ3v) is 6.96. The second-order valence-electron chi connectivity index (χ2n) is 9.40. The molecule has 1 aliphatic rings. The molecule has 1 aliphatic heterocycles. The van der Waals surface area contributed by atoms with Crippen molar-refractivity contribution in [3.05, 3.63) is 90.5 Å². The van der Waals surface area contributed by atoms with Crippen molar-refractivity contribution in [1.29, 1.82) is 0 Å². The highest BCUT2D eigenvalue weighted by Gasteiger charge is 2.26. The highest BCUT2D eigenvalue weighted by Crippen LogP contribution is 2.16. The fourth-order valence-electron chi connectivity index (χ4n) is 3.08. The van der Waals surface area contributed by atoms with Gasteiger partial charge >= 0.3 is 0 Å². The SMILES string of the molecule is CC[C@@H](O)COCCCOc1ccccc1.Cc1ccc(S(=O)(=O)OC[C@H]2CO2)cc1.OCCCOc1ccccc1. The number of epoxide rings is 1. The first-order chi connectivity index (χ1) is 20.3. The predicted molar refractivity (Wildman–Crippen MR) is 161 cm³/mol. The highest BCUT2D eigenvalue weighted by atomic mass is 32.2. The fourth-order valence-corrected chi connectivity index (χ4v) is 4.02. The predicted octanol–water partition coefficient (Wildman–Crippen LogP) is 4.79. The van der Waals surface area contributed by atoms with E-state index in [0.29, 0.717) is 39.5 Å². The van der Waals surface area contributed by atoms with Crippen molar-refractivity contribution in [2.75, 3.05) is 46.2 Å². The van der Waals surface area contributed by atoms with Gasteiger partial charge in [-0.05, 0) is 49.7 Å². The first-order valence-corrected chi connectivity index (χ1v) is 15.5. The van der Waals surface area contributed by atoms with E-state index >= 15 is 0 Å². The Morgan fingerprint density at radius 2 is 1.40 bits per heavy atom. The standard InChI is InChI=1S/C13H20O3.C10H12O4S.C9H12O2/c1-2-12(14)11-15-9-6-10-16-13-7-4-3-5-8-13;1-8-2-4-10(5-3-8)15(11,12)14-7-9-6-13-9;10-7-4-8-11-9-5-2-1-3-6-9/h3-5,7-8,12,14H,2,6,9-11H2,1H3;2-5,9H,6-7H2,1H3;1-3,5-6,10H,4,7-8H2/t12-;9-;/m11./s1. The molecule has 3 aromatic carbocycles. The monoisotopic (exact) mass is 604 g/mol. The van der Waals surface area contributed by atoms with Crippen LogP contribution in [0.25, 0.3) is 0 Å². The van der Waals surface area contributed by atoms with Crippen LogP contribution in [-0.4, -0.2) is 77.1 Å². The fraction of sp³-hybridized carbons (Fsp3) is 0.438. The molecule has 1 heterocycles. The van der Waals surface area contributed by atoms with Crippen LogP contribution in [0.15, 0.2) is 89.8 Å². The summed E-state index contributed by atoms with van der Waals surface area (Å²) in [5.74, 6) is 1.75. The van der Waals surface area contributed by atoms with Crippen molar-refractivity contribution < 1.29 is 41.8 Å². The number of hydrogen-bond donors (Lipinski definition) is 2. The molecule has 0 spiro atoms. The third-order valence-electron chi connectivity index (χ3n) is 5.66. The maximum absolute atomic E-state index is 11.6. The zero-order chi connectivity index (χ0) is 30.5. The van der Waals surface area contributed by atoms with Crippen molar-refractivity contribution in [2.24, 2.45) is 0 Å². The van der Waals surface area contributed by atoms with Gasteiger partial charge in [-0.25, -0.2) is 0 Å². The summed E-state index contributed by atoms with van der Waals surface area (Å²) in [7, 11) is -3.61. The van der Waals surface area contributed by atoms with Crippen LogP contribution >= 0.6 is 0 Å². The summed E-state index contributed by atoms with van der Waals surface area (Å²) < 4.78 is 49.0. The van der Waals surface area contributed by atoms with Gasteiger partial charge in [0.25, 0.3) is 10.1 Å². The van der Waals surface area contributed by atoms with Crippen molar-refractivity contribution in [2.45, 2.75) is 50.2 Å². The zero-order valence-corrected chi connectivity index (χ0v) is 25.3. The Labute approximate surface area is 250 Å². The minimum absolute atomic E-state index is 0.0507. The molecule has 0 radical (unpaired) electrons. The van der Waals surface area contributed by atoms with Crippen LogP contribution in [0.2, 0.25) is 0 Å². The normalized spacial score (nSPS) is 14.4. The largest absolute Gasteiger partial charge is 0.494 e. The van der Waals surface area contributed by atoms with E-state index in [-0.39, 0.29) is 30.3 Å². The summed E-state index contributed by atoms with van der Waals surface area (Å²) in [6.07, 6.45) is 1.88. The summed E-state index contributed by atoms with van der Waals surface area (Å²) in [6, 6.07) is 25.9. The molecule has 0 amide bonds. The van der Waals surface area contributed by atoms with Gasteiger partial charge in [0, 0.05) is 26.1 Å². The molecule has 1 saturated heterocycles. The van der Waals surface area contributed by atoms with Crippen LogP contribution in [0.3, 0.4) is 0 Å². The second kappa shape index (κ2) is 20.8. The van der Waals surface area contributed by atoms with Gasteiger partial charge in [-0.2, -0.15) is 8.42 Å². The van der Waals surface area contributed by atoms with Crippen LogP contribution < -0.4 is 9.47 Å². The number of aryl methyl sites for hydroxylation is 1. The number of hydrogen-bond acceptors (Lipinski definition) is 9. The molecule has 0 unspecified atom stereocenters. The second-order valence-corrected chi connectivity index (χ2v) is 11.0. The van der Waals surface area contributed by atoms with E-state index in [1.165, 1.54) is 0 Å². The number of ether oxygens (including phenoxy) is 4. The molecule has 2 atom stereocenters. The van der Waals surface area contributed by atoms with E-state index in [1.54, 1.807) is 24.3 Å². The summed E-state index contributed by atoms with van der Waals surface area (Å²) in [4.78, 5) is 0.189. The average Bonchev–Trinajstić information content (AvgIpc) is 3.85. The van der Waals surface area contributed by atoms with E-state index in [0.717, 1.165) is 29.9 Å². The van der Waals surface area contributed by atoms with Crippen LogP contribution in [0.5, 0.6) is 11.5 Å². The molecule has 2 N–H and O–H groups in total. The lowest BCUT2D eigenvalue weighted by Crippen LogP contribution is -2.15. The number of aliphatic hydroxyl groups is 2. The summed E-state index contributed by atoms with van der Waals surface area (Å²) in [5.41, 5.74) is 1.01. The molecule has 0 aliphatic carbocycles. The van der Waals surface area contributed by atoms with Gasteiger partial charge in [0.15, 0.2) is 0 Å². The van der Waals surface area contributed by atoms with Crippen molar-refractivity contribution >= 4 is 10.1 Å². The van der Waals surface area contributed by atoms with E-state index in [2.05, 4.69) is 0 Å². The molecule has 0 bridgehead atoms. The van der Waals surface area contributed by atoms with Gasteiger partial charge in [-0.15, -0.1) is 0 Å². The van der Waals surface area contributed by atoms with Crippen molar-refractivity contribution in [1.82, 2.24) is 0 Å². The minimum Gasteiger partial charge on any atom is -0.494 e. The smallest absolute Gasteiger partial charge is 0.297 e. The lowest BCUT2D eigenvalue weighted by Gasteiger charge is -2.09. The number of para-hydroxylation sites is 2. The Bertz CT molecular complexity index is 1170. The zero-order valence-electron chi connectivity index (χ0n) is 24.5. The highest BCUT2D eigenvalue weighted by molar-refractivity contribution is 7.86. The van der Waals surface area contributed by atoms with E-state index in [4.69, 9.17) is 28.2 Å². The lowest BCUT2D eigenvalue weighted by molar-refractivity contribution is 0.0307. The van der Waals surface area contributed by atoms with Crippen molar-refractivity contribution in [3.8, 4) is 11.5 Å². The van der Waals surface area contributed by atoms with Crippen LogP contribution in [0.4, 0.5) is 0 Å². The average molecular weight is 605 g/mol. The first kappa shape index (κ1) is 35.2. The topological polar surface area (TPSA) is 124 Å². The molecule has 1 fully saturated rings. The van der Waals surface area contributed by atoms with Gasteiger partial charge in [0.1, 0.15) is 17.6 Å². The maximum atomic E-state index is 11.6. The molecule has 4 rings (SSSR count). The maximum Gasteiger partial charge on any atom is 0.297 e. The van der Waals surface area contributed by atoms with Gasteiger partial charge in [-0.3, -0.25) is 4.18 Å². The Morgan fingerprint density at radius 3 is 1.90 bits per heavy atom. The summed E-state index contributed by atoms with van der Waals surface area (Å²) in [5, 5.41) is 17.7. The van der Waals surface area contributed by atoms with Crippen LogP contribution in [0.1, 0.15) is 31.7 Å². The molecule has 0 saturated carbocycles. The number of rotatable bonds is 16. The van der Waals surface area contributed by atoms with Crippen LogP contribution in [-0.2, 0) is 23.8 Å². The van der Waals surface area contributed by atoms with E-state index < -0.39 is 10.1 Å². The van der Waals surface area contributed by atoms with Gasteiger partial charge in [0.05, 0.1) is 44.0 Å². The van der Waals surface area contributed by atoms with Crippen molar-refractivity contribution in [3.63, 3.8) is 0 Å². The first-order valence-electron chi connectivity index (χ1n) is 14.1. The molecule has 0 aromatic heterocycles. The Kier molecular flexibility index (Phi) is 17.5. The Hall–Kier alpha value is -2.99. The summed E-state index contributed by atoms with van der Waals surface area (Å²) in [6.45, 7) is 6.99. The summed E-state index contributed by atoms with van der Waals surface area (Å²) >= 11 is 0. The Morgan fingerprint density at radius 1 is 0.857 bits per heavy atom. The molecule has 9 nitrogen and oxygen atoms in total. The Balaban J connectivity index is 0.000000224.